The molecule has 0 amide bonds. The van der Waals surface area contributed by atoms with Crippen LogP contribution in [0.4, 0.5) is 11.4 Å². The van der Waals surface area contributed by atoms with Crippen LogP contribution in [0.2, 0.25) is 0 Å². The van der Waals surface area contributed by atoms with Crippen LogP contribution in [-0.4, -0.2) is 21.9 Å². The number of anilines is 2. The molecule has 0 fully saturated rings. The Morgan fingerprint density at radius 3 is 2.13 bits per heavy atom. The van der Waals surface area contributed by atoms with Crippen LogP contribution >= 0.6 is 0 Å². The topological polar surface area (TPSA) is 113 Å². The zero-order valence-corrected chi connectivity index (χ0v) is 9.00. The lowest BCUT2D eigenvalue weighted by atomic mass is 10.3. The van der Waals surface area contributed by atoms with E-state index in [0.29, 0.717) is 0 Å². The van der Waals surface area contributed by atoms with E-state index in [2.05, 4.69) is 4.72 Å². The molecule has 0 bridgehead atoms. The summed E-state index contributed by atoms with van der Waals surface area (Å²) in [6.07, 6.45) is 0. The van der Waals surface area contributed by atoms with Crippen LogP contribution in [0.15, 0.2) is 18.2 Å². The first-order chi connectivity index (χ1) is 6.99. The first-order valence-corrected chi connectivity index (χ1v) is 5.99. The van der Waals surface area contributed by atoms with Gasteiger partial charge in [0, 0.05) is 0 Å². The van der Waals surface area contributed by atoms with Gasteiger partial charge in [0.05, 0.1) is 11.4 Å². The summed E-state index contributed by atoms with van der Waals surface area (Å²) in [5.41, 5.74) is 0.0659. The highest BCUT2D eigenvalue weighted by Gasteiger charge is 2.02. The van der Waals surface area contributed by atoms with Gasteiger partial charge in [-0.2, -0.15) is 0 Å². The molecule has 0 spiro atoms. The number of thiol groups is 2. The van der Waals surface area contributed by atoms with Gasteiger partial charge in [-0.25, -0.2) is 16.8 Å². The van der Waals surface area contributed by atoms with E-state index in [-0.39, 0.29) is 17.1 Å². The second-order valence-corrected chi connectivity index (χ2v) is 3.95. The molecule has 0 saturated carbocycles. The van der Waals surface area contributed by atoms with E-state index < -0.39 is 21.8 Å². The molecule has 0 aliphatic heterocycles. The molecule has 1 aromatic rings. The summed E-state index contributed by atoms with van der Waals surface area (Å²) in [7, 11) is -5.74. The highest BCUT2D eigenvalue weighted by Crippen LogP contribution is 2.26. The predicted octanol–water partition coefficient (Wildman–Crippen LogP) is -0.731. The van der Waals surface area contributed by atoms with Crippen LogP contribution in [0, 0.1) is 0 Å². The highest BCUT2D eigenvalue weighted by atomic mass is 32.2. The molecule has 0 aromatic heterocycles. The minimum Gasteiger partial charge on any atom is -0.506 e. The third-order valence-corrected chi connectivity index (χ3v) is 2.29. The van der Waals surface area contributed by atoms with Gasteiger partial charge in [-0.05, 0) is 18.2 Å². The highest BCUT2D eigenvalue weighted by molar-refractivity contribution is 7.74. The molecule has 0 radical (unpaired) electrons. The van der Waals surface area contributed by atoms with Crippen LogP contribution in [0.25, 0.3) is 0 Å². The zero-order chi connectivity index (χ0) is 11.4. The quantitative estimate of drug-likeness (QED) is 0.275. The summed E-state index contributed by atoms with van der Waals surface area (Å²) < 4.78 is 45.3. The maximum atomic E-state index is 10.3. The van der Waals surface area contributed by atoms with Gasteiger partial charge in [-0.15, -0.1) is 0 Å². The molecular formula is C6H8N2O5S2. The van der Waals surface area contributed by atoms with Gasteiger partial charge in [0.25, 0.3) is 0 Å². The number of hydrogen-bond donors (Lipinski definition) is 5. The average Bonchev–Trinajstić information content (AvgIpc) is 2.09. The molecule has 0 unspecified atom stereocenters. The van der Waals surface area contributed by atoms with Gasteiger partial charge < -0.3 is 5.11 Å². The Bertz CT molecular complexity index is 492. The lowest BCUT2D eigenvalue weighted by Gasteiger charge is -2.05. The van der Waals surface area contributed by atoms with Crippen LogP contribution in [0.3, 0.4) is 0 Å². The molecule has 3 N–H and O–H groups in total. The van der Waals surface area contributed by atoms with Crippen molar-refractivity contribution >= 4 is 33.2 Å². The van der Waals surface area contributed by atoms with E-state index >= 15 is 0 Å². The van der Waals surface area contributed by atoms with Gasteiger partial charge in [0.15, 0.2) is 0 Å². The number of benzene rings is 1. The summed E-state index contributed by atoms with van der Waals surface area (Å²) >= 11 is 0. The van der Waals surface area contributed by atoms with Crippen molar-refractivity contribution < 1.29 is 21.9 Å². The first kappa shape index (κ1) is 11.6. The Morgan fingerprint density at radius 2 is 1.60 bits per heavy atom. The van der Waals surface area contributed by atoms with Crippen molar-refractivity contribution in [1.29, 1.82) is 0 Å². The van der Waals surface area contributed by atoms with E-state index in [9.17, 15) is 21.9 Å². The van der Waals surface area contributed by atoms with Gasteiger partial charge >= 0.3 is 0 Å². The number of phenols is 1. The summed E-state index contributed by atoms with van der Waals surface area (Å²) in [6.45, 7) is 0. The molecule has 0 heterocycles. The molecule has 0 aliphatic carbocycles. The lowest BCUT2D eigenvalue weighted by molar-refractivity contribution is 0.478. The fraction of sp³-hybridized carbons (Fsp3) is 0. The van der Waals surface area contributed by atoms with Crippen molar-refractivity contribution in [3.8, 4) is 5.75 Å². The molecular weight excluding hydrogens is 244 g/mol. The standard InChI is InChI=1S/C6H8N2O5S2/c9-6-2-1-4(7-14(10)11)3-5(6)8-15(12)13/h1-3,9,14-15H,(H,7,10,11)(H,8,12,13). The van der Waals surface area contributed by atoms with Gasteiger partial charge in [-0.1, -0.05) is 0 Å². The van der Waals surface area contributed by atoms with E-state index in [4.69, 9.17) is 0 Å². The number of hydrogen-bond acceptors (Lipinski definition) is 5. The van der Waals surface area contributed by atoms with Gasteiger partial charge in [-0.3, -0.25) is 9.44 Å². The third-order valence-electron chi connectivity index (χ3n) is 1.43. The minimum atomic E-state index is -2.91. The maximum absolute atomic E-state index is 10.3. The molecule has 1 rings (SSSR count). The average molecular weight is 252 g/mol. The van der Waals surface area contributed by atoms with Crippen molar-refractivity contribution in [2.24, 2.45) is 0 Å². The molecule has 15 heavy (non-hydrogen) atoms. The predicted molar refractivity (Wildman–Crippen MR) is 56.0 cm³/mol. The van der Waals surface area contributed by atoms with Crippen molar-refractivity contribution in [3.05, 3.63) is 18.2 Å². The van der Waals surface area contributed by atoms with Crippen LogP contribution < -0.4 is 9.44 Å². The third kappa shape index (κ3) is 3.64. The number of rotatable bonds is 4. The molecule has 84 valence electrons. The molecule has 0 atom stereocenters. The summed E-state index contributed by atoms with van der Waals surface area (Å²) in [5.74, 6) is -0.291. The second kappa shape index (κ2) is 4.84. The van der Waals surface area contributed by atoms with Crippen molar-refractivity contribution in [1.82, 2.24) is 0 Å². The number of aromatic hydroxyl groups is 1. The summed E-state index contributed by atoms with van der Waals surface area (Å²) in [6, 6.07) is 3.62. The van der Waals surface area contributed by atoms with E-state index in [1.165, 1.54) is 12.1 Å². The Balaban J connectivity index is 3.04. The minimum absolute atomic E-state index is 0.0899. The molecule has 1 aromatic carbocycles. The van der Waals surface area contributed by atoms with Crippen molar-refractivity contribution in [2.75, 3.05) is 9.44 Å². The van der Waals surface area contributed by atoms with Gasteiger partial charge in [0.2, 0.25) is 21.8 Å². The first-order valence-electron chi connectivity index (χ1n) is 3.64. The Hall–Kier alpha value is -1.48. The lowest BCUT2D eigenvalue weighted by Crippen LogP contribution is -1.98. The zero-order valence-electron chi connectivity index (χ0n) is 7.21. The molecule has 0 aliphatic rings. The van der Waals surface area contributed by atoms with Crippen molar-refractivity contribution in [3.63, 3.8) is 0 Å². The van der Waals surface area contributed by atoms with Gasteiger partial charge in [0.1, 0.15) is 5.75 Å². The maximum Gasteiger partial charge on any atom is 0.222 e. The SMILES string of the molecule is O=[SH](=O)Nc1ccc(O)c(N[SH](=O)=O)c1. The number of phenolic OH excluding ortho intramolecular Hbond substituents is 1. The van der Waals surface area contributed by atoms with Crippen LogP contribution in [0.5, 0.6) is 5.75 Å². The summed E-state index contributed by atoms with van der Waals surface area (Å²) in [5, 5.41) is 9.21. The summed E-state index contributed by atoms with van der Waals surface area (Å²) in [4.78, 5) is 0. The number of nitrogens with one attached hydrogen (secondary N) is 2. The fourth-order valence-corrected chi connectivity index (χ4v) is 1.62. The normalized spacial score (nSPS) is 10.5. The van der Waals surface area contributed by atoms with Crippen molar-refractivity contribution in [2.45, 2.75) is 0 Å². The van der Waals surface area contributed by atoms with E-state index in [0.717, 1.165) is 6.07 Å². The smallest absolute Gasteiger partial charge is 0.222 e. The van der Waals surface area contributed by atoms with Crippen LogP contribution in [0.1, 0.15) is 0 Å². The molecule has 0 saturated heterocycles. The molecule has 9 heteroatoms. The molecule has 7 nitrogen and oxygen atoms in total. The van der Waals surface area contributed by atoms with Crippen LogP contribution in [-0.2, 0) is 21.8 Å². The Kier molecular flexibility index (Phi) is 3.74. The Labute approximate surface area is 88.9 Å². The second-order valence-electron chi connectivity index (χ2n) is 2.47. The fourth-order valence-electron chi connectivity index (χ4n) is 0.899. The largest absolute Gasteiger partial charge is 0.506 e. The Morgan fingerprint density at radius 1 is 1.00 bits per heavy atom. The van der Waals surface area contributed by atoms with E-state index in [1.54, 1.807) is 0 Å². The van der Waals surface area contributed by atoms with E-state index in [1.807, 2.05) is 4.72 Å². The monoisotopic (exact) mass is 252 g/mol.